The first-order valence-corrected chi connectivity index (χ1v) is 7.63. The molecule has 0 radical (unpaired) electrons. The van der Waals surface area contributed by atoms with E-state index in [1.165, 1.54) is 0 Å². The van der Waals surface area contributed by atoms with E-state index in [-0.39, 0.29) is 29.8 Å². The first-order chi connectivity index (χ1) is 9.93. The van der Waals surface area contributed by atoms with Crippen LogP contribution in [0.25, 0.3) is 0 Å². The van der Waals surface area contributed by atoms with Crippen molar-refractivity contribution in [3.8, 4) is 0 Å². The van der Waals surface area contributed by atoms with Gasteiger partial charge in [-0.25, -0.2) is 0 Å². The summed E-state index contributed by atoms with van der Waals surface area (Å²) < 4.78 is 5.56. The number of rotatable bonds is 5. The molecule has 2 rings (SSSR count). The Bertz CT molecular complexity index is 490. The summed E-state index contributed by atoms with van der Waals surface area (Å²) in [7, 11) is 0. The summed E-state index contributed by atoms with van der Waals surface area (Å²) in [6, 6.07) is 7.71. The highest BCUT2D eigenvalue weighted by molar-refractivity contribution is 5.94. The van der Waals surface area contributed by atoms with Gasteiger partial charge in [-0.3, -0.25) is 4.79 Å². The van der Waals surface area contributed by atoms with Gasteiger partial charge in [-0.05, 0) is 49.9 Å². The second-order valence-corrected chi connectivity index (χ2v) is 6.55. The van der Waals surface area contributed by atoms with Crippen molar-refractivity contribution < 1.29 is 9.53 Å². The predicted octanol–water partition coefficient (Wildman–Crippen LogP) is 2.84. The highest BCUT2D eigenvalue weighted by Gasteiger charge is 2.35. The van der Waals surface area contributed by atoms with Gasteiger partial charge in [-0.1, -0.05) is 19.1 Å². The topological polar surface area (TPSA) is 55.6 Å². The highest BCUT2D eigenvalue weighted by atomic mass is 35.5. The van der Waals surface area contributed by atoms with Gasteiger partial charge >= 0.3 is 0 Å². The van der Waals surface area contributed by atoms with Crippen LogP contribution in [0, 0.1) is 5.41 Å². The van der Waals surface area contributed by atoms with Gasteiger partial charge in [0.15, 0.2) is 0 Å². The third kappa shape index (κ3) is 4.70. The number of halogens is 1. The molecule has 0 bridgehead atoms. The molecule has 1 saturated heterocycles. The number of nitrogens with zero attached hydrogens (tertiary/aromatic N) is 1. The van der Waals surface area contributed by atoms with Crippen LogP contribution in [0.5, 0.6) is 0 Å². The van der Waals surface area contributed by atoms with Gasteiger partial charge in [-0.2, -0.15) is 0 Å². The van der Waals surface area contributed by atoms with Gasteiger partial charge in [0.25, 0.3) is 5.91 Å². The zero-order valence-corrected chi connectivity index (χ0v) is 14.5. The number of benzene rings is 1. The van der Waals surface area contributed by atoms with Crippen molar-refractivity contribution in [2.75, 3.05) is 19.6 Å². The summed E-state index contributed by atoms with van der Waals surface area (Å²) in [6.07, 6.45) is 1.19. The molecule has 0 aromatic heterocycles. The van der Waals surface area contributed by atoms with Gasteiger partial charge in [0.2, 0.25) is 0 Å². The van der Waals surface area contributed by atoms with E-state index < -0.39 is 0 Å². The minimum absolute atomic E-state index is 0. The van der Waals surface area contributed by atoms with E-state index in [1.807, 2.05) is 43.0 Å². The van der Waals surface area contributed by atoms with E-state index in [0.717, 1.165) is 30.6 Å². The summed E-state index contributed by atoms with van der Waals surface area (Å²) in [5.74, 6) is 0.100. The van der Waals surface area contributed by atoms with Crippen molar-refractivity contribution >= 4 is 18.3 Å². The average Bonchev–Trinajstić information content (AvgIpc) is 2.88. The van der Waals surface area contributed by atoms with Crippen LogP contribution in [-0.2, 0) is 11.3 Å². The fourth-order valence-electron chi connectivity index (χ4n) is 2.55. The van der Waals surface area contributed by atoms with E-state index in [2.05, 4.69) is 6.92 Å². The van der Waals surface area contributed by atoms with Gasteiger partial charge in [-0.15, -0.1) is 12.4 Å². The Kier molecular flexibility index (Phi) is 6.85. The zero-order chi connectivity index (χ0) is 15.5. The molecule has 0 spiro atoms. The Morgan fingerprint density at radius 1 is 1.36 bits per heavy atom. The predicted molar refractivity (Wildman–Crippen MR) is 91.3 cm³/mol. The third-order valence-corrected chi connectivity index (χ3v) is 4.12. The smallest absolute Gasteiger partial charge is 0.253 e. The number of carbonyl (C=O) groups is 1. The molecule has 1 unspecified atom stereocenters. The average molecular weight is 327 g/mol. The van der Waals surface area contributed by atoms with E-state index in [0.29, 0.717) is 13.2 Å². The Morgan fingerprint density at radius 3 is 2.50 bits per heavy atom. The Morgan fingerprint density at radius 2 is 2.00 bits per heavy atom. The number of hydrogen-bond acceptors (Lipinski definition) is 3. The van der Waals surface area contributed by atoms with Crippen LogP contribution in [0.15, 0.2) is 24.3 Å². The molecule has 0 saturated carbocycles. The van der Waals surface area contributed by atoms with Crippen molar-refractivity contribution in [1.82, 2.24) is 4.90 Å². The molecule has 2 N–H and O–H groups in total. The molecule has 1 aliphatic rings. The molecular formula is C17H27ClN2O2. The van der Waals surface area contributed by atoms with Gasteiger partial charge < -0.3 is 15.4 Å². The molecule has 5 heteroatoms. The molecule has 1 atom stereocenters. The molecule has 22 heavy (non-hydrogen) atoms. The minimum Gasteiger partial charge on any atom is -0.374 e. The first-order valence-electron chi connectivity index (χ1n) is 7.63. The standard InChI is InChI=1S/C17H26N2O2.ClH/c1-13(2)21-10-14-4-6-15(7-5-14)16(20)19-9-8-17(3,11-18)12-19;/h4-7,13H,8-12,18H2,1-3H3;1H. The fourth-order valence-corrected chi connectivity index (χ4v) is 2.55. The van der Waals surface area contributed by atoms with Crippen molar-refractivity contribution in [2.24, 2.45) is 11.1 Å². The molecule has 0 aliphatic carbocycles. The molecule has 4 nitrogen and oxygen atoms in total. The summed E-state index contributed by atoms with van der Waals surface area (Å²) in [4.78, 5) is 14.4. The maximum absolute atomic E-state index is 12.5. The van der Waals surface area contributed by atoms with Crippen LogP contribution in [0.3, 0.4) is 0 Å². The number of ether oxygens (including phenoxy) is 1. The lowest BCUT2D eigenvalue weighted by Crippen LogP contribution is -2.34. The Hall–Kier alpha value is -1.10. The lowest BCUT2D eigenvalue weighted by atomic mass is 9.90. The number of hydrogen-bond donors (Lipinski definition) is 1. The van der Waals surface area contributed by atoms with E-state index in [4.69, 9.17) is 10.5 Å². The van der Waals surface area contributed by atoms with Crippen LogP contribution in [0.1, 0.15) is 43.1 Å². The summed E-state index contributed by atoms with van der Waals surface area (Å²) in [5.41, 5.74) is 7.70. The Labute approximate surface area is 139 Å². The summed E-state index contributed by atoms with van der Waals surface area (Å²) >= 11 is 0. The molecule has 1 amide bonds. The maximum atomic E-state index is 12.5. The van der Waals surface area contributed by atoms with Crippen LogP contribution in [-0.4, -0.2) is 36.5 Å². The second kappa shape index (κ2) is 7.95. The highest BCUT2D eigenvalue weighted by Crippen LogP contribution is 2.29. The molecule has 1 aliphatic heterocycles. The number of nitrogens with two attached hydrogens (primary N) is 1. The lowest BCUT2D eigenvalue weighted by Gasteiger charge is -2.22. The van der Waals surface area contributed by atoms with Crippen LogP contribution < -0.4 is 5.73 Å². The molecule has 1 heterocycles. The first kappa shape index (κ1) is 18.9. The second-order valence-electron chi connectivity index (χ2n) is 6.55. The molecular weight excluding hydrogens is 300 g/mol. The molecule has 1 aromatic carbocycles. The third-order valence-electron chi connectivity index (χ3n) is 4.12. The van der Waals surface area contributed by atoms with Gasteiger partial charge in [0.1, 0.15) is 0 Å². The van der Waals surface area contributed by atoms with Crippen LogP contribution in [0.2, 0.25) is 0 Å². The molecule has 1 fully saturated rings. The molecule has 124 valence electrons. The monoisotopic (exact) mass is 326 g/mol. The summed E-state index contributed by atoms with van der Waals surface area (Å²) in [5, 5.41) is 0. The number of carbonyl (C=O) groups excluding carboxylic acids is 1. The fraction of sp³-hybridized carbons (Fsp3) is 0.588. The lowest BCUT2D eigenvalue weighted by molar-refractivity contribution is 0.0656. The van der Waals surface area contributed by atoms with E-state index in [9.17, 15) is 4.79 Å². The Balaban J connectivity index is 0.00000242. The van der Waals surface area contributed by atoms with E-state index >= 15 is 0 Å². The maximum Gasteiger partial charge on any atom is 0.253 e. The zero-order valence-electron chi connectivity index (χ0n) is 13.7. The number of likely N-dealkylation sites (tertiary alicyclic amines) is 1. The minimum atomic E-state index is 0. The van der Waals surface area contributed by atoms with Crippen LogP contribution in [0.4, 0.5) is 0 Å². The number of amides is 1. The van der Waals surface area contributed by atoms with Crippen molar-refractivity contribution in [3.05, 3.63) is 35.4 Å². The van der Waals surface area contributed by atoms with Crippen molar-refractivity contribution in [2.45, 2.75) is 39.9 Å². The quantitative estimate of drug-likeness (QED) is 0.905. The summed E-state index contributed by atoms with van der Waals surface area (Å²) in [6.45, 7) is 8.93. The largest absolute Gasteiger partial charge is 0.374 e. The van der Waals surface area contributed by atoms with Crippen LogP contribution >= 0.6 is 12.4 Å². The van der Waals surface area contributed by atoms with E-state index in [1.54, 1.807) is 0 Å². The molecule has 1 aromatic rings. The SMILES string of the molecule is CC(C)OCc1ccc(C(=O)N2CCC(C)(CN)C2)cc1.Cl. The van der Waals surface area contributed by atoms with Gasteiger partial charge in [0, 0.05) is 18.7 Å². The van der Waals surface area contributed by atoms with Crippen molar-refractivity contribution in [3.63, 3.8) is 0 Å². The normalized spacial score (nSPS) is 21.0. The van der Waals surface area contributed by atoms with Gasteiger partial charge in [0.05, 0.1) is 12.7 Å². The van der Waals surface area contributed by atoms with Crippen molar-refractivity contribution in [1.29, 1.82) is 0 Å².